The topological polar surface area (TPSA) is 68.0 Å². The van der Waals surface area contributed by atoms with Crippen molar-refractivity contribution in [2.24, 2.45) is 0 Å². The van der Waals surface area contributed by atoms with Gasteiger partial charge in [-0.25, -0.2) is 9.48 Å². The first-order chi connectivity index (χ1) is 8.18. The second kappa shape index (κ2) is 4.97. The number of carboxylic acids is 1. The Balaban J connectivity index is 2.07. The average molecular weight is 252 g/mol. The molecule has 0 bridgehead atoms. The number of carboxylic acid groups (broad SMARTS) is 1. The first-order valence-corrected chi connectivity index (χ1v) is 5.42. The average Bonchev–Trinajstić information content (AvgIpc) is 2.69. The van der Waals surface area contributed by atoms with Crippen LogP contribution in [-0.4, -0.2) is 26.1 Å². The van der Waals surface area contributed by atoms with Gasteiger partial charge in [-0.15, -0.1) is 5.10 Å². The Labute approximate surface area is 103 Å². The Morgan fingerprint density at radius 2 is 2.06 bits per heavy atom. The Bertz CT molecular complexity index is 525. The monoisotopic (exact) mass is 251 g/mol. The fraction of sp³-hybridized carbons (Fsp3) is 0.182. The summed E-state index contributed by atoms with van der Waals surface area (Å²) in [6.45, 7) is 0.503. The summed E-state index contributed by atoms with van der Waals surface area (Å²) in [6, 6.07) is 9.81. The molecular formula is C11H10ClN3O2. The van der Waals surface area contributed by atoms with E-state index in [-0.39, 0.29) is 10.8 Å². The summed E-state index contributed by atoms with van der Waals surface area (Å²) in [5, 5.41) is 16.0. The molecule has 0 aliphatic heterocycles. The van der Waals surface area contributed by atoms with E-state index in [0.717, 1.165) is 12.0 Å². The number of nitrogens with zero attached hydrogens (tertiary/aromatic N) is 3. The zero-order valence-electron chi connectivity index (χ0n) is 8.88. The predicted octanol–water partition coefficient (Wildman–Crippen LogP) is 1.87. The van der Waals surface area contributed by atoms with E-state index >= 15 is 0 Å². The summed E-state index contributed by atoms with van der Waals surface area (Å²) in [5.74, 6) is -1.17. The third kappa shape index (κ3) is 2.62. The third-order valence-electron chi connectivity index (χ3n) is 2.33. The highest BCUT2D eigenvalue weighted by molar-refractivity contribution is 6.32. The van der Waals surface area contributed by atoms with Gasteiger partial charge in [0.05, 0.1) is 0 Å². The molecule has 0 saturated heterocycles. The van der Waals surface area contributed by atoms with Gasteiger partial charge in [0.25, 0.3) is 0 Å². The number of aryl methyl sites for hydroxylation is 2. The van der Waals surface area contributed by atoms with Crippen LogP contribution < -0.4 is 0 Å². The minimum absolute atomic E-state index is 0.0634. The lowest BCUT2D eigenvalue weighted by molar-refractivity contribution is 0.0690. The van der Waals surface area contributed by atoms with Gasteiger partial charge in [0.2, 0.25) is 5.69 Å². The molecule has 0 radical (unpaired) electrons. The van der Waals surface area contributed by atoms with Crippen LogP contribution in [0.4, 0.5) is 0 Å². The van der Waals surface area contributed by atoms with E-state index in [1.807, 2.05) is 30.3 Å². The summed E-state index contributed by atoms with van der Waals surface area (Å²) in [7, 11) is 0. The van der Waals surface area contributed by atoms with Crippen LogP contribution in [0.1, 0.15) is 16.1 Å². The predicted molar refractivity (Wildman–Crippen MR) is 62.1 cm³/mol. The summed E-state index contributed by atoms with van der Waals surface area (Å²) in [5.41, 5.74) is 0.927. The Kier molecular flexibility index (Phi) is 3.39. The van der Waals surface area contributed by atoms with Crippen molar-refractivity contribution >= 4 is 17.6 Å². The van der Waals surface area contributed by atoms with E-state index in [4.69, 9.17) is 16.7 Å². The van der Waals surface area contributed by atoms with E-state index in [1.54, 1.807) is 0 Å². The number of hydrogen-bond acceptors (Lipinski definition) is 3. The van der Waals surface area contributed by atoms with Gasteiger partial charge in [0.1, 0.15) is 0 Å². The largest absolute Gasteiger partial charge is 0.476 e. The molecule has 1 aromatic heterocycles. The molecule has 1 N–H and O–H groups in total. The molecule has 0 saturated carbocycles. The number of halogens is 1. The molecule has 0 aliphatic carbocycles. The van der Waals surface area contributed by atoms with Crippen LogP contribution in [0.2, 0.25) is 5.15 Å². The maximum absolute atomic E-state index is 10.7. The number of aromatic carboxylic acids is 1. The number of rotatable bonds is 4. The van der Waals surface area contributed by atoms with E-state index in [1.165, 1.54) is 4.68 Å². The van der Waals surface area contributed by atoms with Crippen molar-refractivity contribution in [3.05, 3.63) is 46.7 Å². The zero-order valence-corrected chi connectivity index (χ0v) is 9.63. The van der Waals surface area contributed by atoms with Crippen molar-refractivity contribution in [1.29, 1.82) is 0 Å². The van der Waals surface area contributed by atoms with E-state index in [0.29, 0.717) is 6.54 Å². The molecule has 0 aliphatic rings. The molecule has 2 rings (SSSR count). The Hall–Kier alpha value is -1.88. The standard InChI is InChI=1S/C11H10ClN3O2/c12-10-9(11(16)17)13-14-15(10)7-6-8-4-2-1-3-5-8/h1-5H,6-7H2,(H,16,17). The van der Waals surface area contributed by atoms with Gasteiger partial charge in [0, 0.05) is 6.54 Å². The third-order valence-corrected chi connectivity index (χ3v) is 2.71. The van der Waals surface area contributed by atoms with E-state index in [2.05, 4.69) is 10.3 Å². The summed E-state index contributed by atoms with van der Waals surface area (Å²) in [4.78, 5) is 10.7. The second-order valence-electron chi connectivity index (χ2n) is 3.49. The lowest BCUT2D eigenvalue weighted by atomic mass is 10.1. The first-order valence-electron chi connectivity index (χ1n) is 5.04. The van der Waals surface area contributed by atoms with Gasteiger partial charge in [-0.3, -0.25) is 0 Å². The van der Waals surface area contributed by atoms with Crippen molar-refractivity contribution in [2.45, 2.75) is 13.0 Å². The van der Waals surface area contributed by atoms with Gasteiger partial charge in [-0.2, -0.15) is 0 Å². The van der Waals surface area contributed by atoms with Gasteiger partial charge in [-0.1, -0.05) is 47.1 Å². The molecule has 0 unspecified atom stereocenters. The van der Waals surface area contributed by atoms with Gasteiger partial charge in [-0.05, 0) is 12.0 Å². The second-order valence-corrected chi connectivity index (χ2v) is 3.85. The summed E-state index contributed by atoms with van der Waals surface area (Å²) >= 11 is 5.84. The minimum atomic E-state index is -1.17. The van der Waals surface area contributed by atoms with Crippen LogP contribution in [0.15, 0.2) is 30.3 Å². The maximum atomic E-state index is 10.7. The molecule has 0 atom stereocenters. The maximum Gasteiger partial charge on any atom is 0.359 e. The zero-order chi connectivity index (χ0) is 12.3. The Morgan fingerprint density at radius 1 is 1.35 bits per heavy atom. The molecule has 0 fully saturated rings. The number of benzene rings is 1. The van der Waals surface area contributed by atoms with Crippen molar-refractivity contribution in [3.8, 4) is 0 Å². The van der Waals surface area contributed by atoms with Crippen LogP contribution >= 0.6 is 11.6 Å². The van der Waals surface area contributed by atoms with E-state index < -0.39 is 5.97 Å². The van der Waals surface area contributed by atoms with Crippen molar-refractivity contribution in [3.63, 3.8) is 0 Å². The highest BCUT2D eigenvalue weighted by Gasteiger charge is 2.16. The van der Waals surface area contributed by atoms with Crippen LogP contribution in [0, 0.1) is 0 Å². The molecule has 88 valence electrons. The van der Waals surface area contributed by atoms with Crippen LogP contribution in [0.25, 0.3) is 0 Å². The smallest absolute Gasteiger partial charge is 0.359 e. The fourth-order valence-electron chi connectivity index (χ4n) is 1.46. The molecule has 5 nitrogen and oxygen atoms in total. The fourth-order valence-corrected chi connectivity index (χ4v) is 1.69. The molecule has 2 aromatic rings. The molecule has 1 heterocycles. The van der Waals surface area contributed by atoms with Gasteiger partial charge >= 0.3 is 5.97 Å². The lowest BCUT2D eigenvalue weighted by Crippen LogP contribution is -2.04. The highest BCUT2D eigenvalue weighted by atomic mass is 35.5. The van der Waals surface area contributed by atoms with Crippen LogP contribution in [-0.2, 0) is 13.0 Å². The molecule has 0 spiro atoms. The molecule has 6 heteroatoms. The van der Waals surface area contributed by atoms with Crippen molar-refractivity contribution in [1.82, 2.24) is 15.0 Å². The number of hydrogen-bond donors (Lipinski definition) is 1. The number of carbonyl (C=O) groups is 1. The normalized spacial score (nSPS) is 10.4. The summed E-state index contributed by atoms with van der Waals surface area (Å²) in [6.07, 6.45) is 0.725. The SMILES string of the molecule is O=C(O)c1nnn(CCc2ccccc2)c1Cl. The van der Waals surface area contributed by atoms with Crippen molar-refractivity contribution < 1.29 is 9.90 Å². The molecule has 0 amide bonds. The molecule has 1 aromatic carbocycles. The van der Waals surface area contributed by atoms with E-state index in [9.17, 15) is 4.79 Å². The molecule has 17 heavy (non-hydrogen) atoms. The van der Waals surface area contributed by atoms with Gasteiger partial charge < -0.3 is 5.11 Å². The number of aromatic nitrogens is 3. The van der Waals surface area contributed by atoms with Gasteiger partial charge in [0.15, 0.2) is 5.15 Å². The Morgan fingerprint density at radius 3 is 2.65 bits per heavy atom. The lowest BCUT2D eigenvalue weighted by Gasteiger charge is -2.02. The van der Waals surface area contributed by atoms with Crippen LogP contribution in [0.5, 0.6) is 0 Å². The van der Waals surface area contributed by atoms with Crippen LogP contribution in [0.3, 0.4) is 0 Å². The molecular weight excluding hydrogens is 242 g/mol. The quantitative estimate of drug-likeness (QED) is 0.901. The highest BCUT2D eigenvalue weighted by Crippen LogP contribution is 2.13. The van der Waals surface area contributed by atoms with Crippen molar-refractivity contribution in [2.75, 3.05) is 0 Å². The summed E-state index contributed by atoms with van der Waals surface area (Å²) < 4.78 is 1.39. The first kappa shape index (κ1) is 11.6. The minimum Gasteiger partial charge on any atom is -0.476 e.